The summed E-state index contributed by atoms with van der Waals surface area (Å²) in [7, 11) is 0. The SMILES string of the molecule is NNc1nc(-c2ccc(F)c(F)c2)cs1. The van der Waals surface area contributed by atoms with E-state index in [2.05, 4.69) is 10.4 Å². The van der Waals surface area contributed by atoms with Crippen molar-refractivity contribution in [1.29, 1.82) is 0 Å². The molecular formula is C9H7F2N3S. The molecule has 0 aliphatic heterocycles. The highest BCUT2D eigenvalue weighted by atomic mass is 32.1. The van der Waals surface area contributed by atoms with Gasteiger partial charge in [-0.3, -0.25) is 5.43 Å². The van der Waals surface area contributed by atoms with Crippen LogP contribution in [-0.4, -0.2) is 4.98 Å². The van der Waals surface area contributed by atoms with Crippen LogP contribution in [0.2, 0.25) is 0 Å². The second-order valence-corrected chi connectivity index (χ2v) is 3.67. The van der Waals surface area contributed by atoms with Crippen molar-refractivity contribution in [1.82, 2.24) is 4.98 Å². The molecule has 0 fully saturated rings. The average molecular weight is 227 g/mol. The van der Waals surface area contributed by atoms with Crippen molar-refractivity contribution in [3.05, 3.63) is 35.2 Å². The highest BCUT2D eigenvalue weighted by Gasteiger charge is 2.07. The van der Waals surface area contributed by atoms with Crippen LogP contribution in [0.3, 0.4) is 0 Å². The number of nitrogens with two attached hydrogens (primary N) is 1. The van der Waals surface area contributed by atoms with Crippen LogP contribution in [-0.2, 0) is 0 Å². The number of anilines is 1. The Hall–Kier alpha value is -1.53. The predicted molar refractivity (Wildman–Crippen MR) is 55.3 cm³/mol. The minimum absolute atomic E-state index is 0.520. The van der Waals surface area contributed by atoms with Crippen LogP contribution in [0.4, 0.5) is 13.9 Å². The van der Waals surface area contributed by atoms with Crippen LogP contribution in [0.5, 0.6) is 0 Å². The third-order valence-corrected chi connectivity index (χ3v) is 2.62. The average Bonchev–Trinajstić information content (AvgIpc) is 2.70. The van der Waals surface area contributed by atoms with Gasteiger partial charge in [0.15, 0.2) is 16.8 Å². The van der Waals surface area contributed by atoms with Crippen molar-refractivity contribution in [2.75, 3.05) is 5.43 Å². The van der Waals surface area contributed by atoms with Gasteiger partial charge in [0.1, 0.15) is 0 Å². The molecule has 2 aromatic rings. The Morgan fingerprint density at radius 1 is 1.27 bits per heavy atom. The maximum Gasteiger partial charge on any atom is 0.197 e. The largest absolute Gasteiger partial charge is 0.300 e. The van der Waals surface area contributed by atoms with Gasteiger partial charge in [-0.2, -0.15) is 0 Å². The molecule has 0 saturated heterocycles. The number of thiazole rings is 1. The van der Waals surface area contributed by atoms with E-state index in [1.165, 1.54) is 17.4 Å². The van der Waals surface area contributed by atoms with Crippen LogP contribution in [0.15, 0.2) is 23.6 Å². The van der Waals surface area contributed by atoms with Gasteiger partial charge in [-0.1, -0.05) is 0 Å². The number of halogens is 2. The predicted octanol–water partition coefficient (Wildman–Crippen LogP) is 2.37. The van der Waals surface area contributed by atoms with E-state index in [0.717, 1.165) is 12.1 Å². The fraction of sp³-hybridized carbons (Fsp3) is 0. The van der Waals surface area contributed by atoms with Gasteiger partial charge in [0.2, 0.25) is 0 Å². The molecule has 0 atom stereocenters. The second kappa shape index (κ2) is 3.92. The van der Waals surface area contributed by atoms with Crippen LogP contribution in [0.1, 0.15) is 0 Å². The van der Waals surface area contributed by atoms with Gasteiger partial charge >= 0.3 is 0 Å². The molecule has 1 aromatic heterocycles. The van der Waals surface area contributed by atoms with E-state index >= 15 is 0 Å². The molecule has 2 rings (SSSR count). The smallest absolute Gasteiger partial charge is 0.197 e. The fourth-order valence-electron chi connectivity index (χ4n) is 1.13. The molecule has 0 unspecified atom stereocenters. The minimum Gasteiger partial charge on any atom is -0.300 e. The van der Waals surface area contributed by atoms with Crippen molar-refractivity contribution < 1.29 is 8.78 Å². The number of nitrogen functional groups attached to an aromatic ring is 1. The number of nitrogens with zero attached hydrogens (tertiary/aromatic N) is 1. The molecule has 0 amide bonds. The Balaban J connectivity index is 2.40. The van der Waals surface area contributed by atoms with Gasteiger partial charge in [0.05, 0.1) is 5.69 Å². The van der Waals surface area contributed by atoms with Crippen molar-refractivity contribution in [2.24, 2.45) is 5.84 Å². The van der Waals surface area contributed by atoms with E-state index in [-0.39, 0.29) is 0 Å². The Kier molecular flexibility index (Phi) is 2.61. The summed E-state index contributed by atoms with van der Waals surface area (Å²) in [6.07, 6.45) is 0. The van der Waals surface area contributed by atoms with Crippen LogP contribution in [0, 0.1) is 11.6 Å². The zero-order valence-corrected chi connectivity index (χ0v) is 8.31. The van der Waals surface area contributed by atoms with Crippen LogP contribution < -0.4 is 11.3 Å². The minimum atomic E-state index is -0.886. The third-order valence-electron chi connectivity index (χ3n) is 1.84. The van der Waals surface area contributed by atoms with E-state index in [1.807, 2.05) is 0 Å². The summed E-state index contributed by atoms with van der Waals surface area (Å²) in [5, 5.41) is 2.23. The lowest BCUT2D eigenvalue weighted by Crippen LogP contribution is -2.05. The molecule has 78 valence electrons. The molecule has 15 heavy (non-hydrogen) atoms. The molecule has 3 nitrogen and oxygen atoms in total. The van der Waals surface area contributed by atoms with Crippen molar-refractivity contribution in [3.8, 4) is 11.3 Å². The fourth-order valence-corrected chi connectivity index (χ4v) is 1.76. The van der Waals surface area contributed by atoms with Gasteiger partial charge in [-0.15, -0.1) is 11.3 Å². The molecule has 3 N–H and O–H groups in total. The molecule has 1 aromatic carbocycles. The van der Waals surface area contributed by atoms with E-state index < -0.39 is 11.6 Å². The molecule has 6 heteroatoms. The van der Waals surface area contributed by atoms with Gasteiger partial charge < -0.3 is 0 Å². The van der Waals surface area contributed by atoms with E-state index in [9.17, 15) is 8.78 Å². The Morgan fingerprint density at radius 3 is 2.67 bits per heavy atom. The summed E-state index contributed by atoms with van der Waals surface area (Å²) < 4.78 is 25.6. The Bertz CT molecular complexity index is 484. The van der Waals surface area contributed by atoms with E-state index in [1.54, 1.807) is 5.38 Å². The highest BCUT2D eigenvalue weighted by Crippen LogP contribution is 2.25. The Morgan fingerprint density at radius 2 is 2.07 bits per heavy atom. The summed E-state index contributed by atoms with van der Waals surface area (Å²) >= 11 is 1.29. The quantitative estimate of drug-likeness (QED) is 0.611. The van der Waals surface area contributed by atoms with Gasteiger partial charge in [-0.05, 0) is 18.2 Å². The second-order valence-electron chi connectivity index (χ2n) is 2.81. The number of hydrogen-bond donors (Lipinski definition) is 2. The van der Waals surface area contributed by atoms with Gasteiger partial charge in [-0.25, -0.2) is 19.6 Å². The zero-order valence-electron chi connectivity index (χ0n) is 7.50. The number of hydrazine groups is 1. The first-order chi connectivity index (χ1) is 7.20. The molecule has 0 saturated carbocycles. The molecule has 0 aliphatic rings. The van der Waals surface area contributed by atoms with Crippen molar-refractivity contribution in [2.45, 2.75) is 0 Å². The van der Waals surface area contributed by atoms with Crippen LogP contribution >= 0.6 is 11.3 Å². The zero-order chi connectivity index (χ0) is 10.8. The lowest BCUT2D eigenvalue weighted by molar-refractivity contribution is 0.509. The van der Waals surface area contributed by atoms with Crippen molar-refractivity contribution >= 4 is 16.5 Å². The molecule has 0 aliphatic carbocycles. The monoisotopic (exact) mass is 227 g/mol. The molecule has 0 bridgehead atoms. The number of hydrogen-bond acceptors (Lipinski definition) is 4. The maximum absolute atomic E-state index is 12.9. The first-order valence-electron chi connectivity index (χ1n) is 4.08. The van der Waals surface area contributed by atoms with Gasteiger partial charge in [0, 0.05) is 10.9 Å². The van der Waals surface area contributed by atoms with Crippen molar-refractivity contribution in [3.63, 3.8) is 0 Å². The number of aromatic nitrogens is 1. The van der Waals surface area contributed by atoms with Gasteiger partial charge in [0.25, 0.3) is 0 Å². The topological polar surface area (TPSA) is 50.9 Å². The summed E-state index contributed by atoms with van der Waals surface area (Å²) in [6.45, 7) is 0. The standard InChI is InChI=1S/C9H7F2N3S/c10-6-2-1-5(3-7(6)11)8-4-15-9(13-8)14-12/h1-4H,12H2,(H,13,14). The lowest BCUT2D eigenvalue weighted by Gasteiger charge is -1.97. The molecule has 1 heterocycles. The Labute approximate surface area is 88.5 Å². The first-order valence-corrected chi connectivity index (χ1v) is 4.96. The van der Waals surface area contributed by atoms with E-state index in [4.69, 9.17) is 5.84 Å². The molecule has 0 spiro atoms. The molecule has 0 radical (unpaired) electrons. The molecular weight excluding hydrogens is 220 g/mol. The first kappa shape index (κ1) is 10.0. The van der Waals surface area contributed by atoms with E-state index in [0.29, 0.717) is 16.4 Å². The number of rotatable bonds is 2. The summed E-state index contributed by atoms with van der Waals surface area (Å²) in [5.41, 5.74) is 3.46. The summed E-state index contributed by atoms with van der Waals surface area (Å²) in [6, 6.07) is 3.64. The third kappa shape index (κ3) is 1.95. The summed E-state index contributed by atoms with van der Waals surface area (Å²) in [4.78, 5) is 4.06. The lowest BCUT2D eigenvalue weighted by atomic mass is 10.2. The van der Waals surface area contributed by atoms with Crippen LogP contribution in [0.25, 0.3) is 11.3 Å². The summed E-state index contributed by atoms with van der Waals surface area (Å²) in [5.74, 6) is 3.40. The highest BCUT2D eigenvalue weighted by molar-refractivity contribution is 7.14. The normalized spacial score (nSPS) is 10.3. The number of benzene rings is 1. The maximum atomic E-state index is 12.9. The number of nitrogens with one attached hydrogen (secondary N) is 1.